The molecule has 1 unspecified atom stereocenters. The summed E-state index contributed by atoms with van der Waals surface area (Å²) in [5, 5.41) is 0. The van der Waals surface area contributed by atoms with Crippen molar-refractivity contribution in [3.8, 4) is 11.3 Å². The lowest BCUT2D eigenvalue weighted by atomic mass is 10.1. The van der Waals surface area contributed by atoms with Crippen molar-refractivity contribution in [3.63, 3.8) is 0 Å². The van der Waals surface area contributed by atoms with Crippen LogP contribution in [0.5, 0.6) is 0 Å². The Labute approximate surface area is 104 Å². The van der Waals surface area contributed by atoms with E-state index in [9.17, 15) is 0 Å². The van der Waals surface area contributed by atoms with Crippen LogP contribution in [0.3, 0.4) is 0 Å². The molecule has 2 N–H and O–H groups in total. The molecule has 3 heteroatoms. The molecular weight excluding hydrogens is 266 g/mol. The van der Waals surface area contributed by atoms with Crippen LogP contribution in [0.1, 0.15) is 24.3 Å². The minimum absolute atomic E-state index is 0.0719. The minimum Gasteiger partial charge on any atom is -0.459 e. The highest BCUT2D eigenvalue weighted by atomic mass is 79.9. The quantitative estimate of drug-likeness (QED) is 0.901. The van der Waals surface area contributed by atoms with Crippen LogP contribution >= 0.6 is 15.9 Å². The Kier molecular flexibility index (Phi) is 3.17. The van der Waals surface area contributed by atoms with Crippen LogP contribution in [0, 0.1) is 6.92 Å². The zero-order valence-electron chi connectivity index (χ0n) is 9.33. The maximum Gasteiger partial charge on any atom is 0.135 e. The van der Waals surface area contributed by atoms with Gasteiger partial charge in [0.05, 0.1) is 6.04 Å². The summed E-state index contributed by atoms with van der Waals surface area (Å²) in [5.74, 6) is 1.66. The van der Waals surface area contributed by atoms with Gasteiger partial charge in [0.1, 0.15) is 11.5 Å². The van der Waals surface area contributed by atoms with E-state index in [1.807, 2.05) is 31.2 Å². The molecule has 2 nitrogen and oxygen atoms in total. The lowest BCUT2D eigenvalue weighted by Gasteiger charge is -2.04. The molecule has 1 atom stereocenters. The summed E-state index contributed by atoms with van der Waals surface area (Å²) in [6, 6.07) is 9.91. The minimum atomic E-state index is -0.0719. The third kappa shape index (κ3) is 2.06. The topological polar surface area (TPSA) is 39.2 Å². The molecule has 0 spiro atoms. The molecular formula is C13H14BrNO. The Morgan fingerprint density at radius 3 is 2.62 bits per heavy atom. The van der Waals surface area contributed by atoms with Gasteiger partial charge in [0.2, 0.25) is 0 Å². The van der Waals surface area contributed by atoms with Crippen LogP contribution in [0.25, 0.3) is 11.3 Å². The number of halogens is 1. The Morgan fingerprint density at radius 2 is 2.00 bits per heavy atom. The van der Waals surface area contributed by atoms with Crippen LogP contribution in [0.2, 0.25) is 0 Å². The lowest BCUT2D eigenvalue weighted by Crippen LogP contribution is -2.02. The molecule has 0 amide bonds. The van der Waals surface area contributed by atoms with E-state index in [1.165, 1.54) is 5.56 Å². The third-order valence-electron chi connectivity index (χ3n) is 2.53. The largest absolute Gasteiger partial charge is 0.459 e. The van der Waals surface area contributed by atoms with Gasteiger partial charge in [0.25, 0.3) is 0 Å². The normalized spacial score (nSPS) is 12.8. The molecule has 0 aliphatic rings. The van der Waals surface area contributed by atoms with Crippen LogP contribution in [0.4, 0.5) is 0 Å². The van der Waals surface area contributed by atoms with E-state index < -0.39 is 0 Å². The van der Waals surface area contributed by atoms with Crippen molar-refractivity contribution in [2.75, 3.05) is 0 Å². The molecule has 0 aliphatic heterocycles. The second-order valence-corrected chi connectivity index (χ2v) is 4.72. The van der Waals surface area contributed by atoms with Crippen molar-refractivity contribution >= 4 is 15.9 Å². The molecule has 16 heavy (non-hydrogen) atoms. The van der Waals surface area contributed by atoms with Gasteiger partial charge in [-0.2, -0.15) is 0 Å². The van der Waals surface area contributed by atoms with Gasteiger partial charge in [0, 0.05) is 10.0 Å². The predicted octanol–water partition coefficient (Wildman–Crippen LogP) is 4.04. The molecule has 0 radical (unpaired) electrons. The lowest BCUT2D eigenvalue weighted by molar-refractivity contribution is 0.491. The molecule has 2 rings (SSSR count). The summed E-state index contributed by atoms with van der Waals surface area (Å²) in [7, 11) is 0. The van der Waals surface area contributed by atoms with Crippen LogP contribution in [0.15, 0.2) is 39.2 Å². The average molecular weight is 280 g/mol. The predicted molar refractivity (Wildman–Crippen MR) is 69.2 cm³/mol. The van der Waals surface area contributed by atoms with Gasteiger partial charge in [0.15, 0.2) is 0 Å². The maximum atomic E-state index is 5.77. The number of hydrogen-bond acceptors (Lipinski definition) is 2. The Morgan fingerprint density at radius 1 is 1.25 bits per heavy atom. The first-order chi connectivity index (χ1) is 7.59. The monoisotopic (exact) mass is 279 g/mol. The van der Waals surface area contributed by atoms with Crippen molar-refractivity contribution in [1.29, 1.82) is 0 Å². The summed E-state index contributed by atoms with van der Waals surface area (Å²) in [6.07, 6.45) is 0. The van der Waals surface area contributed by atoms with Crippen molar-refractivity contribution in [2.24, 2.45) is 5.73 Å². The van der Waals surface area contributed by atoms with Crippen LogP contribution in [-0.4, -0.2) is 0 Å². The van der Waals surface area contributed by atoms with Gasteiger partial charge in [-0.05, 0) is 47.5 Å². The zero-order valence-corrected chi connectivity index (χ0v) is 10.9. The SMILES string of the molecule is Cc1cccc(-c2ccc(C(C)N)o2)c1Br. The molecule has 0 bridgehead atoms. The smallest absolute Gasteiger partial charge is 0.135 e. The number of furan rings is 1. The number of benzene rings is 1. The summed E-state index contributed by atoms with van der Waals surface area (Å²) >= 11 is 3.57. The molecule has 1 aromatic carbocycles. The molecule has 1 heterocycles. The Hall–Kier alpha value is -1.06. The highest BCUT2D eigenvalue weighted by molar-refractivity contribution is 9.10. The van der Waals surface area contributed by atoms with E-state index >= 15 is 0 Å². The van der Waals surface area contributed by atoms with Gasteiger partial charge in [-0.25, -0.2) is 0 Å². The summed E-state index contributed by atoms with van der Waals surface area (Å²) in [5.41, 5.74) is 8.02. The van der Waals surface area contributed by atoms with E-state index in [2.05, 4.69) is 28.9 Å². The highest BCUT2D eigenvalue weighted by Crippen LogP contribution is 2.32. The van der Waals surface area contributed by atoms with E-state index in [4.69, 9.17) is 10.2 Å². The van der Waals surface area contributed by atoms with E-state index in [1.54, 1.807) is 0 Å². The first kappa shape index (κ1) is 11.4. The van der Waals surface area contributed by atoms with Gasteiger partial charge < -0.3 is 10.2 Å². The van der Waals surface area contributed by atoms with Crippen LogP contribution < -0.4 is 5.73 Å². The second-order valence-electron chi connectivity index (χ2n) is 3.93. The highest BCUT2D eigenvalue weighted by Gasteiger charge is 2.11. The zero-order chi connectivity index (χ0) is 11.7. The van der Waals surface area contributed by atoms with Gasteiger partial charge in [-0.15, -0.1) is 0 Å². The Balaban J connectivity index is 2.47. The number of aryl methyl sites for hydroxylation is 1. The Bertz CT molecular complexity index is 502. The average Bonchev–Trinajstić information content (AvgIpc) is 2.71. The number of rotatable bonds is 2. The van der Waals surface area contributed by atoms with Gasteiger partial charge >= 0.3 is 0 Å². The standard InChI is InChI=1S/C13H14BrNO/c1-8-4-3-5-10(13(8)14)12-7-6-11(16-12)9(2)15/h3-7,9H,15H2,1-2H3. The molecule has 0 saturated heterocycles. The molecule has 84 valence electrons. The fourth-order valence-corrected chi connectivity index (χ4v) is 2.04. The number of hydrogen-bond donors (Lipinski definition) is 1. The molecule has 0 aliphatic carbocycles. The van der Waals surface area contributed by atoms with Crippen molar-refractivity contribution in [3.05, 3.63) is 46.1 Å². The molecule has 0 fully saturated rings. The van der Waals surface area contributed by atoms with Gasteiger partial charge in [-0.1, -0.05) is 18.2 Å². The summed E-state index contributed by atoms with van der Waals surface area (Å²) in [4.78, 5) is 0. The van der Waals surface area contributed by atoms with Gasteiger partial charge in [-0.3, -0.25) is 0 Å². The number of nitrogens with two attached hydrogens (primary N) is 1. The molecule has 1 aromatic heterocycles. The first-order valence-corrected chi connectivity index (χ1v) is 5.99. The van der Waals surface area contributed by atoms with Crippen molar-refractivity contribution < 1.29 is 4.42 Å². The van der Waals surface area contributed by atoms with Crippen molar-refractivity contribution in [2.45, 2.75) is 19.9 Å². The fraction of sp³-hybridized carbons (Fsp3) is 0.231. The fourth-order valence-electron chi connectivity index (χ4n) is 1.58. The molecule has 2 aromatic rings. The van der Waals surface area contributed by atoms with Crippen molar-refractivity contribution in [1.82, 2.24) is 0 Å². The molecule has 0 saturated carbocycles. The van der Waals surface area contributed by atoms with E-state index in [-0.39, 0.29) is 6.04 Å². The first-order valence-electron chi connectivity index (χ1n) is 5.20. The third-order valence-corrected chi connectivity index (χ3v) is 3.59. The second kappa shape index (κ2) is 4.44. The van der Waals surface area contributed by atoms with Crippen LogP contribution in [-0.2, 0) is 0 Å². The maximum absolute atomic E-state index is 5.77. The summed E-state index contributed by atoms with van der Waals surface area (Å²) in [6.45, 7) is 3.97. The van der Waals surface area contributed by atoms with E-state index in [0.717, 1.165) is 21.6 Å². The summed E-state index contributed by atoms with van der Waals surface area (Å²) < 4.78 is 6.78. The van der Waals surface area contributed by atoms with E-state index in [0.29, 0.717) is 0 Å².